The van der Waals surface area contributed by atoms with E-state index in [9.17, 15) is 4.79 Å². The minimum atomic E-state index is -0.731. The van der Waals surface area contributed by atoms with Gasteiger partial charge in [-0.3, -0.25) is 0 Å². The quantitative estimate of drug-likeness (QED) is 0.582. The summed E-state index contributed by atoms with van der Waals surface area (Å²) in [6.07, 6.45) is 1.41. The summed E-state index contributed by atoms with van der Waals surface area (Å²) in [5.41, 5.74) is 7.59. The van der Waals surface area contributed by atoms with E-state index in [2.05, 4.69) is 10.5 Å². The molecule has 0 saturated carbocycles. The van der Waals surface area contributed by atoms with Crippen LogP contribution >= 0.6 is 0 Å². The maximum absolute atomic E-state index is 10.4. The van der Waals surface area contributed by atoms with Crippen molar-refractivity contribution in [1.82, 2.24) is 5.43 Å². The molecular formula is C10H13N3O3. The number of nitrogens with zero attached hydrogens (tertiary/aromatic N) is 1. The van der Waals surface area contributed by atoms with Crippen LogP contribution in [0.4, 0.5) is 4.79 Å². The molecule has 0 radical (unpaired) electrons. The van der Waals surface area contributed by atoms with Crippen LogP contribution in [0.1, 0.15) is 5.56 Å². The molecule has 2 amide bonds. The first kappa shape index (κ1) is 11.8. The number of methoxy groups -OCH3 is 2. The predicted molar refractivity (Wildman–Crippen MR) is 59.9 cm³/mol. The Balaban J connectivity index is 2.99. The van der Waals surface area contributed by atoms with Gasteiger partial charge in [-0.2, -0.15) is 5.10 Å². The highest BCUT2D eigenvalue weighted by Gasteiger charge is 2.06. The van der Waals surface area contributed by atoms with Crippen LogP contribution in [0.15, 0.2) is 23.3 Å². The first-order valence-corrected chi connectivity index (χ1v) is 4.48. The fourth-order valence-corrected chi connectivity index (χ4v) is 1.17. The highest BCUT2D eigenvalue weighted by atomic mass is 16.5. The van der Waals surface area contributed by atoms with E-state index in [1.165, 1.54) is 20.4 Å². The molecule has 0 aliphatic carbocycles. The number of hydrazone groups is 1. The van der Waals surface area contributed by atoms with Crippen molar-refractivity contribution in [1.29, 1.82) is 0 Å². The molecule has 0 aromatic heterocycles. The fraction of sp³-hybridized carbons (Fsp3) is 0.200. The molecule has 0 bridgehead atoms. The van der Waals surface area contributed by atoms with Gasteiger partial charge in [0.2, 0.25) is 0 Å². The first-order chi connectivity index (χ1) is 7.69. The molecule has 0 heterocycles. The minimum absolute atomic E-state index is 0.592. The normalized spacial score (nSPS) is 10.1. The molecule has 0 unspecified atom stereocenters. The monoisotopic (exact) mass is 223 g/mol. The number of hydrogen-bond donors (Lipinski definition) is 2. The second-order valence-corrected chi connectivity index (χ2v) is 2.81. The number of benzene rings is 1. The molecule has 1 aromatic rings. The number of primary amides is 1. The Labute approximate surface area is 93.0 Å². The van der Waals surface area contributed by atoms with Gasteiger partial charge in [-0.25, -0.2) is 10.2 Å². The summed E-state index contributed by atoms with van der Waals surface area (Å²) in [5, 5.41) is 3.65. The number of hydrogen-bond acceptors (Lipinski definition) is 4. The Morgan fingerprint density at radius 1 is 1.38 bits per heavy atom. The van der Waals surface area contributed by atoms with Crippen molar-refractivity contribution >= 4 is 12.2 Å². The predicted octanol–water partition coefficient (Wildman–Crippen LogP) is 0.706. The van der Waals surface area contributed by atoms with Gasteiger partial charge in [-0.1, -0.05) is 6.07 Å². The molecule has 0 saturated heterocycles. The molecule has 86 valence electrons. The summed E-state index contributed by atoms with van der Waals surface area (Å²) in [7, 11) is 3.07. The van der Waals surface area contributed by atoms with Crippen molar-refractivity contribution < 1.29 is 14.3 Å². The van der Waals surface area contributed by atoms with E-state index < -0.39 is 6.03 Å². The maximum Gasteiger partial charge on any atom is 0.332 e. The number of carbonyl (C=O) groups excluding carboxylic acids is 1. The van der Waals surface area contributed by atoms with Crippen molar-refractivity contribution in [2.45, 2.75) is 0 Å². The summed E-state index contributed by atoms with van der Waals surface area (Å²) < 4.78 is 10.3. The highest BCUT2D eigenvalue weighted by Crippen LogP contribution is 2.25. The summed E-state index contributed by atoms with van der Waals surface area (Å²) in [6.45, 7) is 0. The number of nitrogens with one attached hydrogen (secondary N) is 1. The Bertz CT molecular complexity index is 382. The van der Waals surface area contributed by atoms with Crippen LogP contribution < -0.4 is 20.6 Å². The lowest BCUT2D eigenvalue weighted by Crippen LogP contribution is -2.24. The van der Waals surface area contributed by atoms with Gasteiger partial charge in [0.25, 0.3) is 0 Å². The van der Waals surface area contributed by atoms with Crippen LogP contribution in [0.5, 0.6) is 11.5 Å². The topological polar surface area (TPSA) is 85.9 Å². The molecule has 0 atom stereocenters. The van der Waals surface area contributed by atoms with Gasteiger partial charge < -0.3 is 15.2 Å². The van der Waals surface area contributed by atoms with Crippen LogP contribution in [0.2, 0.25) is 0 Å². The van der Waals surface area contributed by atoms with Crippen LogP contribution in [-0.4, -0.2) is 26.5 Å². The lowest BCUT2D eigenvalue weighted by molar-refractivity contribution is 0.249. The maximum atomic E-state index is 10.4. The van der Waals surface area contributed by atoms with Gasteiger partial charge >= 0.3 is 6.03 Å². The molecule has 0 fully saturated rings. The van der Waals surface area contributed by atoms with Crippen molar-refractivity contribution in [3.05, 3.63) is 23.8 Å². The lowest BCUT2D eigenvalue weighted by atomic mass is 10.2. The van der Waals surface area contributed by atoms with Gasteiger partial charge in [0.15, 0.2) is 0 Å². The number of urea groups is 1. The average molecular weight is 223 g/mol. The summed E-state index contributed by atoms with van der Waals surface area (Å²) in [6, 6.07) is 4.57. The summed E-state index contributed by atoms with van der Waals surface area (Å²) in [5.74, 6) is 1.18. The van der Waals surface area contributed by atoms with Gasteiger partial charge in [0, 0.05) is 0 Å². The fourth-order valence-electron chi connectivity index (χ4n) is 1.17. The average Bonchev–Trinajstić information content (AvgIpc) is 2.28. The van der Waals surface area contributed by atoms with Crippen molar-refractivity contribution in [2.75, 3.05) is 14.2 Å². The SMILES string of the molecule is COc1cccc(OC)c1C=NNC(N)=O. The second-order valence-electron chi connectivity index (χ2n) is 2.81. The van der Waals surface area contributed by atoms with Crippen LogP contribution in [0, 0.1) is 0 Å². The summed E-state index contributed by atoms with van der Waals surface area (Å²) in [4.78, 5) is 10.4. The largest absolute Gasteiger partial charge is 0.496 e. The smallest absolute Gasteiger partial charge is 0.332 e. The zero-order valence-corrected chi connectivity index (χ0v) is 9.06. The van der Waals surface area contributed by atoms with E-state index in [1.54, 1.807) is 18.2 Å². The molecule has 6 heteroatoms. The van der Waals surface area contributed by atoms with E-state index in [4.69, 9.17) is 15.2 Å². The Kier molecular flexibility index (Phi) is 4.14. The molecule has 6 nitrogen and oxygen atoms in total. The molecular weight excluding hydrogens is 210 g/mol. The van der Waals surface area contributed by atoms with Crippen LogP contribution in [0.3, 0.4) is 0 Å². The van der Waals surface area contributed by atoms with E-state index >= 15 is 0 Å². The molecule has 1 rings (SSSR count). The number of ether oxygens (including phenoxy) is 2. The highest BCUT2D eigenvalue weighted by molar-refractivity contribution is 5.88. The third-order valence-corrected chi connectivity index (χ3v) is 1.83. The molecule has 3 N–H and O–H groups in total. The van der Waals surface area contributed by atoms with Crippen LogP contribution in [0.25, 0.3) is 0 Å². The van der Waals surface area contributed by atoms with Crippen LogP contribution in [-0.2, 0) is 0 Å². The number of nitrogens with two attached hydrogens (primary N) is 1. The van der Waals surface area contributed by atoms with Gasteiger partial charge in [0.1, 0.15) is 11.5 Å². The van der Waals surface area contributed by atoms with Crippen molar-refractivity contribution in [2.24, 2.45) is 10.8 Å². The second kappa shape index (κ2) is 5.59. The van der Waals surface area contributed by atoms with E-state index in [0.29, 0.717) is 17.1 Å². The van der Waals surface area contributed by atoms with Gasteiger partial charge in [-0.15, -0.1) is 0 Å². The minimum Gasteiger partial charge on any atom is -0.496 e. The number of amides is 2. The third kappa shape index (κ3) is 2.88. The van der Waals surface area contributed by atoms with Gasteiger partial charge in [-0.05, 0) is 12.1 Å². The van der Waals surface area contributed by atoms with Crippen molar-refractivity contribution in [3.8, 4) is 11.5 Å². The molecule has 1 aromatic carbocycles. The Hall–Kier alpha value is -2.24. The van der Waals surface area contributed by atoms with Crippen molar-refractivity contribution in [3.63, 3.8) is 0 Å². The Morgan fingerprint density at radius 3 is 2.38 bits per heavy atom. The molecule has 0 aliphatic heterocycles. The Morgan fingerprint density at radius 2 is 1.94 bits per heavy atom. The first-order valence-electron chi connectivity index (χ1n) is 4.48. The third-order valence-electron chi connectivity index (χ3n) is 1.83. The van der Waals surface area contributed by atoms with E-state index in [0.717, 1.165) is 0 Å². The van der Waals surface area contributed by atoms with E-state index in [1.807, 2.05) is 0 Å². The van der Waals surface area contributed by atoms with Gasteiger partial charge in [0.05, 0.1) is 26.0 Å². The molecule has 0 aliphatic rings. The number of rotatable bonds is 4. The zero-order chi connectivity index (χ0) is 12.0. The number of carbonyl (C=O) groups is 1. The van der Waals surface area contributed by atoms with E-state index in [-0.39, 0.29) is 0 Å². The molecule has 0 spiro atoms. The zero-order valence-electron chi connectivity index (χ0n) is 9.06. The summed E-state index contributed by atoms with van der Waals surface area (Å²) >= 11 is 0. The molecule has 16 heavy (non-hydrogen) atoms. The standard InChI is InChI=1S/C10H13N3O3/c1-15-8-4-3-5-9(16-2)7(8)6-12-13-10(11)14/h3-6H,1-2H3,(H3,11,13,14). The lowest BCUT2D eigenvalue weighted by Gasteiger charge is -2.08.